The van der Waals surface area contributed by atoms with E-state index in [0.29, 0.717) is 36.0 Å². The zero-order valence-electron chi connectivity index (χ0n) is 19.3. The van der Waals surface area contributed by atoms with Gasteiger partial charge in [-0.15, -0.1) is 10.2 Å². The van der Waals surface area contributed by atoms with Gasteiger partial charge in [0.1, 0.15) is 17.3 Å². The first-order valence-corrected chi connectivity index (χ1v) is 12.6. The first-order valence-electron chi connectivity index (χ1n) is 10.8. The lowest BCUT2D eigenvalue weighted by Crippen LogP contribution is -2.21. The van der Waals surface area contributed by atoms with E-state index in [2.05, 4.69) is 31.4 Å². The Morgan fingerprint density at radius 1 is 1.15 bits per heavy atom. The van der Waals surface area contributed by atoms with Gasteiger partial charge in [0.2, 0.25) is 5.91 Å². The summed E-state index contributed by atoms with van der Waals surface area (Å²) in [6.07, 6.45) is 1.35. The fourth-order valence-corrected chi connectivity index (χ4v) is 4.64. The Morgan fingerprint density at radius 2 is 1.91 bits per heavy atom. The number of ether oxygens (including phenoxy) is 2. The highest BCUT2D eigenvalue weighted by molar-refractivity contribution is 9.10. The summed E-state index contributed by atoms with van der Waals surface area (Å²) in [6, 6.07) is 12.9. The number of hydrogen-bond acceptors (Lipinski definition) is 7. The van der Waals surface area contributed by atoms with Gasteiger partial charge in [0.05, 0.1) is 23.9 Å². The van der Waals surface area contributed by atoms with E-state index in [1.807, 2.05) is 35.8 Å². The standard InChI is InChI=1S/C24H27BrN4O4S/c1-4-33-19-10-8-18(9-11-19)29-23(6-5-13-26-16(2)30)27-28-24(29)34-15-21(31)17-7-12-22(32-3)20(25)14-17/h7-12,14H,4-6,13,15H2,1-3H3,(H,26,30). The minimum atomic E-state index is -0.0621. The van der Waals surface area contributed by atoms with Crippen molar-refractivity contribution in [3.63, 3.8) is 0 Å². The van der Waals surface area contributed by atoms with E-state index in [1.54, 1.807) is 25.3 Å². The summed E-state index contributed by atoms with van der Waals surface area (Å²) in [4.78, 5) is 24.0. The van der Waals surface area contributed by atoms with Crippen LogP contribution in [0.15, 0.2) is 52.1 Å². The minimum absolute atomic E-state index is 0.0261. The number of thioether (sulfide) groups is 1. The lowest BCUT2D eigenvalue weighted by Gasteiger charge is -2.12. The van der Waals surface area contributed by atoms with E-state index >= 15 is 0 Å². The SMILES string of the molecule is CCOc1ccc(-n2c(CCCNC(C)=O)nnc2SCC(=O)c2ccc(OC)c(Br)c2)cc1. The number of aromatic nitrogens is 3. The van der Waals surface area contributed by atoms with Gasteiger partial charge in [0.15, 0.2) is 10.9 Å². The third kappa shape index (κ3) is 6.83. The Kier molecular flexibility index (Phi) is 9.52. The number of methoxy groups -OCH3 is 1. The normalized spacial score (nSPS) is 10.7. The molecular formula is C24H27BrN4O4S. The molecule has 0 radical (unpaired) electrons. The number of nitrogens with one attached hydrogen (secondary N) is 1. The van der Waals surface area contributed by atoms with Crippen molar-refractivity contribution in [1.82, 2.24) is 20.1 Å². The first-order chi connectivity index (χ1) is 16.4. The van der Waals surface area contributed by atoms with Crippen molar-refractivity contribution < 1.29 is 19.1 Å². The molecule has 0 saturated heterocycles. The first kappa shape index (κ1) is 25.8. The molecule has 0 aliphatic rings. The quantitative estimate of drug-likeness (QED) is 0.203. The Balaban J connectivity index is 1.79. The number of amides is 1. The van der Waals surface area contributed by atoms with Crippen LogP contribution in [0.2, 0.25) is 0 Å². The summed E-state index contributed by atoms with van der Waals surface area (Å²) in [6.45, 7) is 4.58. The molecule has 0 atom stereocenters. The largest absolute Gasteiger partial charge is 0.496 e. The van der Waals surface area contributed by atoms with Gasteiger partial charge in [-0.1, -0.05) is 11.8 Å². The summed E-state index contributed by atoms with van der Waals surface area (Å²) in [5, 5.41) is 12.1. The summed E-state index contributed by atoms with van der Waals surface area (Å²) in [5.74, 6) is 2.33. The second-order valence-electron chi connectivity index (χ2n) is 7.31. The fourth-order valence-electron chi connectivity index (χ4n) is 3.24. The second-order valence-corrected chi connectivity index (χ2v) is 9.11. The van der Waals surface area contributed by atoms with Crippen LogP contribution in [0.5, 0.6) is 11.5 Å². The molecule has 1 heterocycles. The molecule has 3 rings (SSSR count). The second kappa shape index (κ2) is 12.6. The molecule has 0 aliphatic heterocycles. The van der Waals surface area contributed by atoms with Crippen LogP contribution in [-0.2, 0) is 11.2 Å². The highest BCUT2D eigenvalue weighted by Crippen LogP contribution is 2.28. The number of nitrogens with zero attached hydrogens (tertiary/aromatic N) is 3. The maximum Gasteiger partial charge on any atom is 0.216 e. The number of aryl methyl sites for hydroxylation is 1. The molecule has 10 heteroatoms. The van der Waals surface area contributed by atoms with E-state index < -0.39 is 0 Å². The molecular weight excluding hydrogens is 520 g/mol. The minimum Gasteiger partial charge on any atom is -0.496 e. The van der Waals surface area contributed by atoms with Gasteiger partial charge in [-0.3, -0.25) is 14.2 Å². The van der Waals surface area contributed by atoms with Crippen LogP contribution in [0.4, 0.5) is 0 Å². The molecule has 3 aromatic rings. The number of carbonyl (C=O) groups excluding carboxylic acids is 2. The number of carbonyl (C=O) groups is 2. The Morgan fingerprint density at radius 3 is 2.56 bits per heavy atom. The molecule has 1 aromatic heterocycles. The highest BCUT2D eigenvalue weighted by atomic mass is 79.9. The van der Waals surface area contributed by atoms with Gasteiger partial charge >= 0.3 is 0 Å². The van der Waals surface area contributed by atoms with Crippen molar-refractivity contribution >= 4 is 39.4 Å². The molecule has 8 nitrogen and oxygen atoms in total. The van der Waals surface area contributed by atoms with Crippen molar-refractivity contribution in [3.8, 4) is 17.2 Å². The zero-order chi connectivity index (χ0) is 24.5. The van der Waals surface area contributed by atoms with E-state index in [4.69, 9.17) is 9.47 Å². The van der Waals surface area contributed by atoms with Crippen LogP contribution in [0, 0.1) is 0 Å². The molecule has 0 unspecified atom stereocenters. The number of rotatable bonds is 12. The molecule has 0 fully saturated rings. The summed E-state index contributed by atoms with van der Waals surface area (Å²) in [5.41, 5.74) is 1.47. The van der Waals surface area contributed by atoms with Crippen LogP contribution in [0.25, 0.3) is 5.69 Å². The summed E-state index contributed by atoms with van der Waals surface area (Å²) in [7, 11) is 1.58. The summed E-state index contributed by atoms with van der Waals surface area (Å²) < 4.78 is 13.5. The van der Waals surface area contributed by atoms with Crippen LogP contribution in [-0.4, -0.2) is 52.5 Å². The highest BCUT2D eigenvalue weighted by Gasteiger charge is 2.17. The molecule has 0 spiro atoms. The molecule has 1 amide bonds. The van der Waals surface area contributed by atoms with Gasteiger partial charge < -0.3 is 14.8 Å². The molecule has 2 aromatic carbocycles. The fraction of sp³-hybridized carbons (Fsp3) is 0.333. The third-order valence-corrected chi connectivity index (χ3v) is 6.41. The van der Waals surface area contributed by atoms with Gasteiger partial charge in [-0.05, 0) is 71.7 Å². The van der Waals surface area contributed by atoms with Crippen molar-refractivity contribution in [2.24, 2.45) is 0 Å². The topological polar surface area (TPSA) is 95.3 Å². The molecule has 0 saturated carbocycles. The van der Waals surface area contributed by atoms with Gasteiger partial charge in [0, 0.05) is 31.1 Å². The Hall–Kier alpha value is -2.85. The monoisotopic (exact) mass is 546 g/mol. The summed E-state index contributed by atoms with van der Waals surface area (Å²) >= 11 is 4.76. The third-order valence-electron chi connectivity index (χ3n) is 4.86. The molecule has 1 N–H and O–H groups in total. The number of ketones is 1. The Labute approximate surface area is 211 Å². The lowest BCUT2D eigenvalue weighted by molar-refractivity contribution is -0.118. The molecule has 0 bridgehead atoms. The van der Waals surface area contributed by atoms with E-state index in [-0.39, 0.29) is 17.4 Å². The van der Waals surface area contributed by atoms with Crippen LogP contribution < -0.4 is 14.8 Å². The van der Waals surface area contributed by atoms with E-state index in [1.165, 1.54) is 18.7 Å². The average molecular weight is 547 g/mol. The predicted molar refractivity (Wildman–Crippen MR) is 135 cm³/mol. The number of hydrogen-bond donors (Lipinski definition) is 1. The van der Waals surface area contributed by atoms with Crippen molar-refractivity contribution in [3.05, 3.63) is 58.3 Å². The number of Topliss-reactive ketones (excluding diaryl/α,β-unsaturated/α-hetero) is 1. The van der Waals surface area contributed by atoms with Crippen LogP contribution in [0.3, 0.4) is 0 Å². The van der Waals surface area contributed by atoms with Gasteiger partial charge in [-0.2, -0.15) is 0 Å². The molecule has 34 heavy (non-hydrogen) atoms. The lowest BCUT2D eigenvalue weighted by atomic mass is 10.1. The average Bonchev–Trinajstić information content (AvgIpc) is 3.23. The Bertz CT molecular complexity index is 1130. The predicted octanol–water partition coefficient (Wildman–Crippen LogP) is 4.48. The van der Waals surface area contributed by atoms with E-state index in [0.717, 1.165) is 28.2 Å². The van der Waals surface area contributed by atoms with Gasteiger partial charge in [0.25, 0.3) is 0 Å². The molecule has 180 valence electrons. The van der Waals surface area contributed by atoms with Crippen LogP contribution >= 0.6 is 27.7 Å². The van der Waals surface area contributed by atoms with Crippen molar-refractivity contribution in [2.75, 3.05) is 26.0 Å². The van der Waals surface area contributed by atoms with Crippen molar-refractivity contribution in [1.29, 1.82) is 0 Å². The number of halogens is 1. The maximum absolute atomic E-state index is 12.8. The van der Waals surface area contributed by atoms with Crippen molar-refractivity contribution in [2.45, 2.75) is 31.8 Å². The smallest absolute Gasteiger partial charge is 0.216 e. The maximum atomic E-state index is 12.8. The van der Waals surface area contributed by atoms with Gasteiger partial charge in [-0.25, -0.2) is 0 Å². The van der Waals surface area contributed by atoms with Crippen LogP contribution in [0.1, 0.15) is 36.5 Å². The molecule has 0 aliphatic carbocycles. The van der Waals surface area contributed by atoms with E-state index in [9.17, 15) is 9.59 Å². The number of benzene rings is 2. The zero-order valence-corrected chi connectivity index (χ0v) is 21.7.